The molecule has 0 radical (unpaired) electrons. The summed E-state index contributed by atoms with van der Waals surface area (Å²) < 4.78 is 61.6. The van der Waals surface area contributed by atoms with Crippen LogP contribution in [0.2, 0.25) is 5.02 Å². The Hall–Kier alpha value is -3.15. The second-order valence-corrected chi connectivity index (χ2v) is 10.1. The van der Waals surface area contributed by atoms with E-state index in [0.717, 1.165) is 6.07 Å². The van der Waals surface area contributed by atoms with E-state index in [9.17, 15) is 23.2 Å². The lowest BCUT2D eigenvalue weighted by Crippen LogP contribution is -2.49. The third-order valence-electron chi connectivity index (χ3n) is 7.39. The summed E-state index contributed by atoms with van der Waals surface area (Å²) in [5.74, 6) is -3.38. The van der Waals surface area contributed by atoms with Gasteiger partial charge in [-0.1, -0.05) is 11.6 Å². The second-order valence-electron chi connectivity index (χ2n) is 9.65. The minimum absolute atomic E-state index is 0.0184. The van der Waals surface area contributed by atoms with Crippen LogP contribution in [0.1, 0.15) is 37.4 Å². The number of benzene rings is 2. The molecule has 1 aliphatic rings. The Morgan fingerprint density at radius 1 is 1.23 bits per heavy atom. The molecular weight excluding hydrogens is 540 g/mol. The first kappa shape index (κ1) is 28.8. The van der Waals surface area contributed by atoms with Crippen molar-refractivity contribution in [1.29, 1.82) is 0 Å². The molecule has 1 atom stereocenters. The highest BCUT2D eigenvalue weighted by Gasteiger charge is 2.41. The Morgan fingerprint density at radius 2 is 1.97 bits per heavy atom. The minimum Gasteiger partial charge on any atom is -0.497 e. The van der Waals surface area contributed by atoms with Gasteiger partial charge in [0.25, 0.3) is 0 Å². The van der Waals surface area contributed by atoms with E-state index in [0.29, 0.717) is 55.2 Å². The third-order valence-corrected chi connectivity index (χ3v) is 7.69. The van der Waals surface area contributed by atoms with Crippen LogP contribution in [0.25, 0.3) is 10.9 Å². The van der Waals surface area contributed by atoms with E-state index in [1.807, 2.05) is 4.90 Å². The number of pyridine rings is 1. The number of rotatable bonds is 10. The molecule has 0 aliphatic carbocycles. The molecule has 3 aromatic rings. The Bertz CT molecular complexity index is 1340. The van der Waals surface area contributed by atoms with E-state index in [1.54, 1.807) is 23.7 Å². The Morgan fingerprint density at radius 3 is 2.67 bits per heavy atom. The lowest BCUT2D eigenvalue weighted by molar-refractivity contribution is -0.143. The van der Waals surface area contributed by atoms with Gasteiger partial charge in [0, 0.05) is 42.4 Å². The van der Waals surface area contributed by atoms with Crippen LogP contribution in [0.3, 0.4) is 0 Å². The highest BCUT2D eigenvalue weighted by molar-refractivity contribution is 6.32. The summed E-state index contributed by atoms with van der Waals surface area (Å²) in [6.45, 7) is 1.52. The van der Waals surface area contributed by atoms with Crippen molar-refractivity contribution >= 4 is 34.1 Å². The fourth-order valence-electron chi connectivity index (χ4n) is 5.11. The van der Waals surface area contributed by atoms with Crippen LogP contribution in [0, 0.1) is 22.9 Å². The van der Waals surface area contributed by atoms with Crippen molar-refractivity contribution in [3.8, 4) is 5.75 Å². The molecule has 0 spiro atoms. The zero-order valence-electron chi connectivity index (χ0n) is 21.2. The van der Waals surface area contributed by atoms with Crippen molar-refractivity contribution in [2.24, 2.45) is 5.41 Å². The van der Waals surface area contributed by atoms with E-state index in [2.05, 4.69) is 10.3 Å². The lowest BCUT2D eigenvalue weighted by atomic mass is 9.73. The molecule has 1 saturated heterocycles. The number of hydroxylamine groups is 1. The molecule has 1 aliphatic heterocycles. The fourth-order valence-corrected chi connectivity index (χ4v) is 5.38. The number of ether oxygens (including phenoxy) is 1. The van der Waals surface area contributed by atoms with Gasteiger partial charge in [0.15, 0.2) is 11.6 Å². The van der Waals surface area contributed by atoms with Gasteiger partial charge in [-0.25, -0.2) is 23.0 Å². The number of fused-ring (bicyclic) bond motifs is 1. The summed E-state index contributed by atoms with van der Waals surface area (Å²) in [4.78, 5) is 19.0. The highest BCUT2D eigenvalue weighted by Crippen LogP contribution is 2.42. The molecule has 4 rings (SSSR count). The first-order valence-electron chi connectivity index (χ1n) is 12.5. The molecule has 7 nitrogen and oxygen atoms in total. The van der Waals surface area contributed by atoms with Gasteiger partial charge in [-0.05, 0) is 57.0 Å². The number of carbonyl (C=O) groups is 1. The summed E-state index contributed by atoms with van der Waals surface area (Å²) in [6.07, 6.45) is 0.717. The predicted molar refractivity (Wildman–Crippen MR) is 139 cm³/mol. The number of methoxy groups -OCH3 is 1. The maximum atomic E-state index is 15.7. The van der Waals surface area contributed by atoms with Crippen molar-refractivity contribution in [3.05, 3.63) is 64.6 Å². The summed E-state index contributed by atoms with van der Waals surface area (Å²) >= 11 is 6.34. The average molecular weight is 569 g/mol. The van der Waals surface area contributed by atoms with Crippen LogP contribution < -0.4 is 15.5 Å². The number of piperidine rings is 1. The summed E-state index contributed by atoms with van der Waals surface area (Å²) in [6, 6.07) is 6.46. The lowest BCUT2D eigenvalue weighted by Gasteiger charge is -2.40. The normalized spacial score (nSPS) is 16.2. The zero-order chi connectivity index (χ0) is 28.2. The van der Waals surface area contributed by atoms with Crippen LogP contribution in [0.15, 0.2) is 36.5 Å². The summed E-state index contributed by atoms with van der Waals surface area (Å²) in [5, 5.41) is 12.8. The van der Waals surface area contributed by atoms with Gasteiger partial charge in [0.2, 0.25) is 5.91 Å². The highest BCUT2D eigenvalue weighted by atomic mass is 35.5. The van der Waals surface area contributed by atoms with E-state index >= 15 is 4.39 Å². The molecule has 1 unspecified atom stereocenters. The number of carbonyl (C=O) groups excluding carboxylic acids is 1. The fraction of sp³-hybridized carbons (Fsp3) is 0.407. The van der Waals surface area contributed by atoms with E-state index in [4.69, 9.17) is 16.3 Å². The first-order valence-corrected chi connectivity index (χ1v) is 12.9. The minimum atomic E-state index is -1.50. The number of hydrogen-bond acceptors (Lipinski definition) is 6. The molecule has 0 bridgehead atoms. The molecule has 210 valence electrons. The zero-order valence-corrected chi connectivity index (χ0v) is 22.0. The van der Waals surface area contributed by atoms with Crippen molar-refractivity contribution in [1.82, 2.24) is 15.4 Å². The van der Waals surface area contributed by atoms with Crippen LogP contribution in [-0.4, -0.2) is 54.3 Å². The quantitative estimate of drug-likeness (QED) is 0.124. The van der Waals surface area contributed by atoms with Gasteiger partial charge in [-0.3, -0.25) is 15.0 Å². The number of anilines is 1. The van der Waals surface area contributed by atoms with Crippen molar-refractivity contribution in [2.45, 2.75) is 31.9 Å². The van der Waals surface area contributed by atoms with Crippen LogP contribution in [0.4, 0.5) is 23.2 Å². The number of aromatic nitrogens is 1. The standard InChI is InChI=1S/C27H29ClF4N4O3/c1-39-17-2-3-22-18(14-17)24(19(28)15-34-22)20(30)4-5-27(26(37)35-38)6-9-36(10-7-27)11-8-33-23-13-16(29)12-21(31)25(23)32/h2-3,12-15,20,33,38H,4-11H2,1H3,(H,35,37). The van der Waals surface area contributed by atoms with Crippen molar-refractivity contribution in [3.63, 3.8) is 0 Å². The van der Waals surface area contributed by atoms with Gasteiger partial charge >= 0.3 is 0 Å². The SMILES string of the molecule is COc1ccc2ncc(Cl)c(C(F)CCC3(C(=O)NO)CCN(CCNc4cc(F)cc(F)c4F)CC3)c2c1. The summed E-state index contributed by atoms with van der Waals surface area (Å²) in [5.41, 5.74) is 1.28. The van der Waals surface area contributed by atoms with Crippen molar-refractivity contribution in [2.75, 3.05) is 38.6 Å². The van der Waals surface area contributed by atoms with Gasteiger partial charge in [-0.15, -0.1) is 0 Å². The Balaban J connectivity index is 1.40. The average Bonchev–Trinajstić information content (AvgIpc) is 2.94. The molecule has 2 heterocycles. The first-order chi connectivity index (χ1) is 18.7. The van der Waals surface area contributed by atoms with Gasteiger partial charge in [0.1, 0.15) is 17.7 Å². The third kappa shape index (κ3) is 6.37. The summed E-state index contributed by atoms with van der Waals surface area (Å²) in [7, 11) is 1.50. The van der Waals surface area contributed by atoms with E-state index < -0.39 is 34.9 Å². The Labute approximate surface area is 228 Å². The van der Waals surface area contributed by atoms with Gasteiger partial charge < -0.3 is 15.0 Å². The molecule has 39 heavy (non-hydrogen) atoms. The molecule has 1 amide bonds. The predicted octanol–water partition coefficient (Wildman–Crippen LogP) is 5.80. The molecule has 1 fully saturated rings. The smallest absolute Gasteiger partial charge is 0.249 e. The molecule has 1 aromatic heterocycles. The van der Waals surface area contributed by atoms with Gasteiger partial charge in [-0.2, -0.15) is 0 Å². The van der Waals surface area contributed by atoms with E-state index in [-0.39, 0.29) is 35.7 Å². The molecular formula is C27H29ClF4N4O3. The topological polar surface area (TPSA) is 86.7 Å². The number of alkyl halides is 1. The molecule has 12 heteroatoms. The molecule has 0 saturated carbocycles. The molecule has 2 aromatic carbocycles. The van der Waals surface area contributed by atoms with E-state index in [1.165, 1.54) is 13.3 Å². The number of likely N-dealkylation sites (tertiary alicyclic amines) is 1. The largest absolute Gasteiger partial charge is 0.497 e. The number of nitrogens with one attached hydrogen (secondary N) is 2. The Kier molecular flexibility index (Phi) is 9.14. The van der Waals surface area contributed by atoms with Crippen LogP contribution >= 0.6 is 11.6 Å². The monoisotopic (exact) mass is 568 g/mol. The number of amides is 1. The van der Waals surface area contributed by atoms with Gasteiger partial charge in [0.05, 0.1) is 28.8 Å². The number of hydrogen-bond donors (Lipinski definition) is 3. The second kappa shape index (κ2) is 12.4. The number of nitrogens with zero attached hydrogens (tertiary/aromatic N) is 2. The maximum Gasteiger partial charge on any atom is 0.249 e. The van der Waals surface area contributed by atoms with Crippen LogP contribution in [0.5, 0.6) is 5.75 Å². The number of halogens is 5. The van der Waals surface area contributed by atoms with Crippen molar-refractivity contribution < 1.29 is 32.3 Å². The van der Waals surface area contributed by atoms with Crippen LogP contribution in [-0.2, 0) is 4.79 Å². The maximum absolute atomic E-state index is 15.7. The molecule has 3 N–H and O–H groups in total.